The van der Waals surface area contributed by atoms with E-state index in [2.05, 4.69) is 9.73 Å². The quantitative estimate of drug-likeness (QED) is 0.256. The van der Waals surface area contributed by atoms with E-state index in [9.17, 15) is 26.4 Å². The van der Waals surface area contributed by atoms with Crippen molar-refractivity contribution in [2.24, 2.45) is 16.5 Å². The van der Waals surface area contributed by atoms with Crippen LogP contribution in [0.4, 0.5) is 0 Å². The summed E-state index contributed by atoms with van der Waals surface area (Å²) in [7, 11) is -5.87. The number of methoxy groups -OCH3 is 1. The molecule has 0 saturated carbocycles. The Morgan fingerprint density at radius 2 is 1.20 bits per heavy atom. The number of carbonyl (C=O) groups is 2. The molecular formula is C24H25N3O11S2. The van der Waals surface area contributed by atoms with Crippen LogP contribution in [0.15, 0.2) is 51.2 Å². The van der Waals surface area contributed by atoms with E-state index in [4.69, 9.17) is 30.4 Å². The maximum absolute atomic E-state index is 12.3. The number of hydrogen-bond acceptors (Lipinski definition) is 11. The summed E-state index contributed by atoms with van der Waals surface area (Å²) in [6.45, 7) is 1.36. The summed E-state index contributed by atoms with van der Waals surface area (Å²) in [4.78, 5) is 26.7. The molecule has 2 aromatic carbocycles. The fourth-order valence-corrected chi connectivity index (χ4v) is 8.63. The first kappa shape index (κ1) is 28.1. The largest absolute Gasteiger partial charge is 0.465 e. The highest BCUT2D eigenvalue weighted by Crippen LogP contribution is 2.45. The third-order valence-corrected chi connectivity index (χ3v) is 10.2. The number of nitrogens with zero attached hydrogens (tertiary/aromatic N) is 1. The second kappa shape index (κ2) is 9.90. The molecule has 0 aromatic heterocycles. The summed E-state index contributed by atoms with van der Waals surface area (Å²) < 4.78 is 75.3. The van der Waals surface area contributed by atoms with Gasteiger partial charge in [0.1, 0.15) is 11.5 Å². The number of carbonyl (C=O) groups excluding carboxylic acids is 2. The topological polar surface area (TPSA) is 213 Å². The molecule has 14 nitrogen and oxygen atoms in total. The maximum Gasteiger partial charge on any atom is 0.337 e. The lowest BCUT2D eigenvalue weighted by atomic mass is 10.1. The Balaban J connectivity index is 0.000000162. The van der Waals surface area contributed by atoms with E-state index in [1.54, 1.807) is 6.07 Å². The van der Waals surface area contributed by atoms with E-state index >= 15 is 0 Å². The van der Waals surface area contributed by atoms with Crippen LogP contribution in [0.3, 0.4) is 0 Å². The Hall–Kier alpha value is -3.41. The van der Waals surface area contributed by atoms with Crippen molar-refractivity contribution in [2.75, 3.05) is 45.0 Å². The average Bonchev–Trinajstić information content (AvgIpc) is 3.66. The molecule has 4 aliphatic heterocycles. The van der Waals surface area contributed by atoms with Crippen LogP contribution in [0.5, 0.6) is 0 Å². The molecule has 2 aromatic rings. The van der Waals surface area contributed by atoms with E-state index in [1.165, 1.54) is 37.4 Å². The molecule has 0 unspecified atom stereocenters. The van der Waals surface area contributed by atoms with Gasteiger partial charge in [0.05, 0.1) is 48.9 Å². The first-order valence-corrected chi connectivity index (χ1v) is 15.2. The van der Waals surface area contributed by atoms with Crippen molar-refractivity contribution in [1.82, 2.24) is 0 Å². The van der Waals surface area contributed by atoms with Gasteiger partial charge >= 0.3 is 5.97 Å². The molecule has 0 aliphatic carbocycles. The van der Waals surface area contributed by atoms with Crippen LogP contribution in [0, 0.1) is 0 Å². The third kappa shape index (κ3) is 4.76. The Morgan fingerprint density at radius 1 is 0.775 bits per heavy atom. The number of benzene rings is 2. The molecule has 0 atom stereocenters. The van der Waals surface area contributed by atoms with Crippen LogP contribution in [-0.2, 0) is 54.9 Å². The minimum Gasteiger partial charge on any atom is -0.465 e. The lowest BCUT2D eigenvalue weighted by molar-refractivity contribution is -0.145. The SMILES string of the molecule is COC(=O)c1ccc2c(c1)S(=O)(=O)CC21OCCO1.NC(N)=NC(=O)c1ccc2c(c1)S(=O)(=O)CC21OCCO1. The van der Waals surface area contributed by atoms with E-state index in [1.807, 2.05) is 0 Å². The van der Waals surface area contributed by atoms with Crippen molar-refractivity contribution in [3.05, 3.63) is 58.7 Å². The Kier molecular flexibility index (Phi) is 6.96. The monoisotopic (exact) mass is 595 g/mol. The normalized spacial score (nSPS) is 21.7. The minimum atomic E-state index is -3.60. The van der Waals surface area contributed by atoms with Gasteiger partial charge in [0, 0.05) is 16.7 Å². The molecule has 4 heterocycles. The molecule has 2 spiro atoms. The standard InChI is InChI=1S/C12H13N3O5S.C12H12O6S/c13-11(14)15-10(16)7-1-2-8-9(5-7)21(17,18)6-12(8)19-3-4-20-12;1-16-11(13)8-2-3-9-10(6-8)19(14,15)7-12(9)17-4-5-18-12/h1-2,5H,3-4,6H2,(H4,13,14,15,16);2-3,6H,4-5,7H2,1H3. The predicted molar refractivity (Wildman–Crippen MR) is 136 cm³/mol. The number of esters is 1. The molecule has 4 aliphatic rings. The van der Waals surface area contributed by atoms with Crippen molar-refractivity contribution in [2.45, 2.75) is 21.4 Å². The van der Waals surface area contributed by atoms with Gasteiger partial charge < -0.3 is 35.2 Å². The zero-order valence-corrected chi connectivity index (χ0v) is 22.7. The number of amides is 1. The molecule has 4 N–H and O–H groups in total. The molecular weight excluding hydrogens is 570 g/mol. The summed E-state index contributed by atoms with van der Waals surface area (Å²) in [5, 5.41) is 0. The summed E-state index contributed by atoms with van der Waals surface area (Å²) in [6.07, 6.45) is 0. The van der Waals surface area contributed by atoms with Crippen LogP contribution in [0.1, 0.15) is 31.8 Å². The van der Waals surface area contributed by atoms with Crippen LogP contribution in [0.2, 0.25) is 0 Å². The van der Waals surface area contributed by atoms with Crippen LogP contribution < -0.4 is 11.5 Å². The molecule has 40 heavy (non-hydrogen) atoms. The number of sulfone groups is 2. The predicted octanol–water partition coefficient (Wildman–Crippen LogP) is -0.453. The highest BCUT2D eigenvalue weighted by Gasteiger charge is 2.53. The van der Waals surface area contributed by atoms with Gasteiger partial charge in [-0.15, -0.1) is 0 Å². The number of nitrogens with two attached hydrogens (primary N) is 2. The fraction of sp³-hybridized carbons (Fsp3) is 0.375. The summed E-state index contributed by atoms with van der Waals surface area (Å²) >= 11 is 0. The number of guanidine groups is 1. The van der Waals surface area contributed by atoms with Gasteiger partial charge in [-0.1, -0.05) is 12.1 Å². The van der Waals surface area contributed by atoms with Gasteiger partial charge in [-0.05, 0) is 24.3 Å². The maximum atomic E-state index is 12.3. The van der Waals surface area contributed by atoms with Crippen molar-refractivity contribution < 1.29 is 50.1 Å². The highest BCUT2D eigenvalue weighted by atomic mass is 32.2. The molecule has 0 radical (unpaired) electrons. The number of fused-ring (bicyclic) bond motifs is 4. The van der Waals surface area contributed by atoms with Crippen molar-refractivity contribution in [1.29, 1.82) is 0 Å². The summed E-state index contributed by atoms with van der Waals surface area (Å²) in [5.41, 5.74) is 11.4. The molecule has 1 amide bonds. The highest BCUT2D eigenvalue weighted by molar-refractivity contribution is 7.92. The van der Waals surface area contributed by atoms with Gasteiger partial charge in [0.2, 0.25) is 11.6 Å². The van der Waals surface area contributed by atoms with Crippen LogP contribution in [-0.4, -0.2) is 79.7 Å². The second-order valence-corrected chi connectivity index (χ2v) is 13.1. The minimum absolute atomic E-state index is 0.0149. The van der Waals surface area contributed by atoms with Crippen molar-refractivity contribution in [3.63, 3.8) is 0 Å². The first-order valence-electron chi connectivity index (χ1n) is 11.9. The molecule has 16 heteroatoms. The van der Waals surface area contributed by atoms with E-state index in [-0.39, 0.29) is 38.4 Å². The first-order chi connectivity index (χ1) is 18.8. The van der Waals surface area contributed by atoms with E-state index < -0.39 is 43.1 Å². The Labute approximate surface area is 229 Å². The van der Waals surface area contributed by atoms with Crippen LogP contribution in [0.25, 0.3) is 0 Å². The van der Waals surface area contributed by atoms with Gasteiger partial charge in [0.15, 0.2) is 25.6 Å². The second-order valence-electron chi connectivity index (χ2n) is 9.17. The Morgan fingerprint density at radius 3 is 1.62 bits per heavy atom. The molecule has 6 rings (SSSR count). The lowest BCUT2D eigenvalue weighted by Crippen LogP contribution is -2.29. The number of hydrogen-bond donors (Lipinski definition) is 2. The number of rotatable bonds is 2. The molecule has 0 bridgehead atoms. The third-order valence-electron chi connectivity index (χ3n) is 6.62. The van der Waals surface area contributed by atoms with Gasteiger partial charge in [-0.3, -0.25) is 4.79 Å². The zero-order chi connectivity index (χ0) is 28.9. The molecule has 2 saturated heterocycles. The van der Waals surface area contributed by atoms with Gasteiger partial charge in [-0.25, -0.2) is 21.6 Å². The number of aliphatic imine (C=N–C) groups is 1. The summed E-state index contributed by atoms with van der Waals surface area (Å²) in [6, 6.07) is 8.58. The number of ether oxygens (including phenoxy) is 5. The lowest BCUT2D eigenvalue weighted by Gasteiger charge is -2.20. The van der Waals surface area contributed by atoms with Crippen molar-refractivity contribution >= 4 is 37.5 Å². The van der Waals surface area contributed by atoms with Gasteiger partial charge in [0.25, 0.3) is 5.91 Å². The summed E-state index contributed by atoms with van der Waals surface area (Å²) in [5.74, 6) is -4.68. The smallest absolute Gasteiger partial charge is 0.337 e. The van der Waals surface area contributed by atoms with E-state index in [0.29, 0.717) is 37.6 Å². The molecule has 214 valence electrons. The van der Waals surface area contributed by atoms with Crippen molar-refractivity contribution in [3.8, 4) is 0 Å². The van der Waals surface area contributed by atoms with Gasteiger partial charge in [-0.2, -0.15) is 4.99 Å². The average molecular weight is 596 g/mol. The fourth-order valence-electron chi connectivity index (χ4n) is 4.95. The zero-order valence-electron chi connectivity index (χ0n) is 21.1. The molecule has 2 fully saturated rings. The van der Waals surface area contributed by atoms with E-state index in [0.717, 1.165) is 0 Å². The Bertz CT molecular complexity index is 1640. The van der Waals surface area contributed by atoms with Crippen LogP contribution >= 0.6 is 0 Å².